The van der Waals surface area contributed by atoms with Crippen LogP contribution in [0.4, 0.5) is 19.0 Å². The Kier molecular flexibility index (Phi) is 5.64. The highest BCUT2D eigenvalue weighted by Crippen LogP contribution is 2.33. The maximum atomic E-state index is 13.0. The minimum absolute atomic E-state index is 0.0966. The zero-order valence-electron chi connectivity index (χ0n) is 16.4. The average Bonchev–Trinajstić information content (AvgIpc) is 2.88. The number of nitrogens with zero attached hydrogens (tertiary/aromatic N) is 4. The molecular formula is C21H23F3N4O2. The van der Waals surface area contributed by atoms with Crippen molar-refractivity contribution < 1.29 is 22.7 Å². The highest BCUT2D eigenvalue weighted by Gasteiger charge is 2.40. The molecule has 2 fully saturated rings. The molecule has 2 aliphatic rings. The van der Waals surface area contributed by atoms with E-state index in [-0.39, 0.29) is 18.9 Å². The van der Waals surface area contributed by atoms with Crippen LogP contribution < -0.4 is 4.90 Å². The fourth-order valence-electron chi connectivity index (χ4n) is 4.11. The van der Waals surface area contributed by atoms with Gasteiger partial charge in [0.25, 0.3) is 0 Å². The van der Waals surface area contributed by atoms with Gasteiger partial charge in [-0.05, 0) is 30.5 Å². The number of aromatic nitrogens is 2. The van der Waals surface area contributed by atoms with Crippen LogP contribution >= 0.6 is 0 Å². The van der Waals surface area contributed by atoms with Crippen molar-refractivity contribution in [1.29, 1.82) is 0 Å². The minimum Gasteiger partial charge on any atom is -0.372 e. The van der Waals surface area contributed by atoms with Crippen molar-refractivity contribution in [2.45, 2.75) is 37.6 Å². The molecule has 30 heavy (non-hydrogen) atoms. The summed E-state index contributed by atoms with van der Waals surface area (Å²) in [5.41, 5.74) is -0.732. The lowest BCUT2D eigenvalue weighted by Crippen LogP contribution is -2.52. The van der Waals surface area contributed by atoms with Crippen molar-refractivity contribution in [2.75, 3.05) is 31.1 Å². The summed E-state index contributed by atoms with van der Waals surface area (Å²) in [5, 5.41) is 0. The Balaban J connectivity index is 1.47. The number of carbonyl (C=O) groups excluding carboxylic acids is 1. The van der Waals surface area contributed by atoms with Gasteiger partial charge in [-0.1, -0.05) is 12.1 Å². The Morgan fingerprint density at radius 1 is 1.17 bits per heavy atom. The molecule has 0 saturated carbocycles. The van der Waals surface area contributed by atoms with Gasteiger partial charge >= 0.3 is 6.18 Å². The summed E-state index contributed by atoms with van der Waals surface area (Å²) in [6.07, 6.45) is 2.23. The molecule has 1 aromatic heterocycles. The molecule has 1 aromatic carbocycles. The molecule has 0 aliphatic carbocycles. The first-order valence-corrected chi connectivity index (χ1v) is 9.94. The van der Waals surface area contributed by atoms with Gasteiger partial charge in [0.1, 0.15) is 5.82 Å². The average molecular weight is 420 g/mol. The Bertz CT molecular complexity index is 883. The highest BCUT2D eigenvalue weighted by molar-refractivity contribution is 5.76. The van der Waals surface area contributed by atoms with E-state index < -0.39 is 17.3 Å². The van der Waals surface area contributed by atoms with Crippen LogP contribution in [0.5, 0.6) is 0 Å². The molecule has 2 aliphatic heterocycles. The van der Waals surface area contributed by atoms with E-state index in [4.69, 9.17) is 4.74 Å². The largest absolute Gasteiger partial charge is 0.416 e. The molecule has 1 amide bonds. The number of hydrogen-bond donors (Lipinski definition) is 0. The second-order valence-corrected chi connectivity index (χ2v) is 7.78. The van der Waals surface area contributed by atoms with Crippen LogP contribution in [0.3, 0.4) is 0 Å². The SMILES string of the molecule is O=C1CCOC2(CCN(c3cnccn3)CC2)CN1Cc1cccc(C(F)(F)F)c1. The molecule has 0 unspecified atom stereocenters. The lowest BCUT2D eigenvalue weighted by molar-refractivity contribution is -0.137. The van der Waals surface area contributed by atoms with Crippen molar-refractivity contribution in [2.24, 2.45) is 0 Å². The number of carbonyl (C=O) groups is 1. The summed E-state index contributed by atoms with van der Waals surface area (Å²) in [6, 6.07) is 5.16. The number of piperidine rings is 1. The van der Waals surface area contributed by atoms with Crippen LogP contribution in [0, 0.1) is 0 Å². The second kappa shape index (κ2) is 8.22. The van der Waals surface area contributed by atoms with Crippen molar-refractivity contribution in [3.05, 3.63) is 54.0 Å². The molecule has 1 spiro atoms. The van der Waals surface area contributed by atoms with Gasteiger partial charge in [-0.15, -0.1) is 0 Å². The molecule has 2 saturated heterocycles. The fourth-order valence-corrected chi connectivity index (χ4v) is 4.11. The number of rotatable bonds is 3. The van der Waals surface area contributed by atoms with Gasteiger partial charge in [0, 0.05) is 32.0 Å². The quantitative estimate of drug-likeness (QED) is 0.763. The van der Waals surface area contributed by atoms with Gasteiger partial charge in [-0.2, -0.15) is 13.2 Å². The van der Waals surface area contributed by atoms with Crippen LogP contribution in [0.25, 0.3) is 0 Å². The zero-order chi connectivity index (χ0) is 21.2. The second-order valence-electron chi connectivity index (χ2n) is 7.78. The molecule has 4 rings (SSSR count). The molecule has 0 radical (unpaired) electrons. The molecule has 160 valence electrons. The molecule has 3 heterocycles. The number of hydrogen-bond acceptors (Lipinski definition) is 5. The van der Waals surface area contributed by atoms with E-state index in [1.807, 2.05) is 0 Å². The topological polar surface area (TPSA) is 58.6 Å². The van der Waals surface area contributed by atoms with E-state index in [1.54, 1.807) is 29.6 Å². The van der Waals surface area contributed by atoms with Crippen molar-refractivity contribution in [3.63, 3.8) is 0 Å². The number of amides is 1. The summed E-state index contributed by atoms with van der Waals surface area (Å²) in [6.45, 7) is 2.26. The predicted octanol–water partition coefficient (Wildman–Crippen LogP) is 3.28. The third kappa shape index (κ3) is 4.56. The molecule has 9 heteroatoms. The Morgan fingerprint density at radius 3 is 2.67 bits per heavy atom. The van der Waals surface area contributed by atoms with Crippen LogP contribution in [-0.4, -0.2) is 52.6 Å². The molecular weight excluding hydrogens is 397 g/mol. The summed E-state index contributed by atoms with van der Waals surface area (Å²) in [5.74, 6) is 0.707. The Labute approximate surface area is 172 Å². The monoisotopic (exact) mass is 420 g/mol. The third-order valence-corrected chi connectivity index (χ3v) is 5.73. The number of alkyl halides is 3. The Morgan fingerprint density at radius 2 is 1.97 bits per heavy atom. The standard InChI is InChI=1S/C21H23F3N4O2/c22-21(23,24)17-3-1-2-16(12-17)14-28-15-20(30-11-4-19(28)29)5-9-27(10-6-20)18-13-25-7-8-26-18/h1-3,7-8,12-13H,4-6,9-11,14-15H2. The maximum absolute atomic E-state index is 13.0. The predicted molar refractivity (Wildman–Crippen MR) is 104 cm³/mol. The van der Waals surface area contributed by atoms with E-state index in [1.165, 1.54) is 6.07 Å². The third-order valence-electron chi connectivity index (χ3n) is 5.73. The highest BCUT2D eigenvalue weighted by atomic mass is 19.4. The smallest absolute Gasteiger partial charge is 0.372 e. The molecule has 0 bridgehead atoms. The van der Waals surface area contributed by atoms with E-state index in [2.05, 4.69) is 14.9 Å². The molecule has 0 N–H and O–H groups in total. The first-order valence-electron chi connectivity index (χ1n) is 9.94. The maximum Gasteiger partial charge on any atom is 0.416 e. The molecule has 2 aromatic rings. The van der Waals surface area contributed by atoms with Crippen LogP contribution in [0.15, 0.2) is 42.9 Å². The van der Waals surface area contributed by atoms with E-state index >= 15 is 0 Å². The van der Waals surface area contributed by atoms with Crippen molar-refractivity contribution in [1.82, 2.24) is 14.9 Å². The summed E-state index contributed by atoms with van der Waals surface area (Å²) >= 11 is 0. The first-order chi connectivity index (χ1) is 14.3. The van der Waals surface area contributed by atoms with E-state index in [0.29, 0.717) is 44.6 Å². The fraction of sp³-hybridized carbons (Fsp3) is 0.476. The van der Waals surface area contributed by atoms with E-state index in [0.717, 1.165) is 18.0 Å². The molecule has 0 atom stereocenters. The summed E-state index contributed by atoms with van der Waals surface area (Å²) in [7, 11) is 0. The van der Waals surface area contributed by atoms with Crippen LogP contribution in [-0.2, 0) is 22.3 Å². The van der Waals surface area contributed by atoms with Crippen LogP contribution in [0.2, 0.25) is 0 Å². The lowest BCUT2D eigenvalue weighted by atomic mass is 9.90. The van der Waals surface area contributed by atoms with Gasteiger partial charge in [-0.3, -0.25) is 9.78 Å². The zero-order valence-corrected chi connectivity index (χ0v) is 16.4. The normalized spacial score (nSPS) is 19.8. The van der Waals surface area contributed by atoms with Crippen molar-refractivity contribution in [3.8, 4) is 0 Å². The molecule has 6 nitrogen and oxygen atoms in total. The number of halogens is 3. The van der Waals surface area contributed by atoms with Gasteiger partial charge in [0.15, 0.2) is 0 Å². The van der Waals surface area contributed by atoms with Crippen molar-refractivity contribution >= 4 is 11.7 Å². The van der Waals surface area contributed by atoms with Gasteiger partial charge < -0.3 is 14.5 Å². The number of anilines is 1. The summed E-state index contributed by atoms with van der Waals surface area (Å²) < 4.78 is 45.2. The van der Waals surface area contributed by atoms with Gasteiger partial charge in [0.05, 0.1) is 36.9 Å². The first kappa shape index (κ1) is 20.6. The lowest BCUT2D eigenvalue weighted by Gasteiger charge is -2.43. The number of ether oxygens (including phenoxy) is 1. The van der Waals surface area contributed by atoms with Gasteiger partial charge in [0.2, 0.25) is 5.91 Å². The number of benzene rings is 1. The van der Waals surface area contributed by atoms with Crippen LogP contribution in [0.1, 0.15) is 30.4 Å². The Hall–Kier alpha value is -2.68. The minimum atomic E-state index is -4.41. The van der Waals surface area contributed by atoms with E-state index in [9.17, 15) is 18.0 Å². The summed E-state index contributed by atoms with van der Waals surface area (Å²) in [4.78, 5) is 24.8. The van der Waals surface area contributed by atoms with Gasteiger partial charge in [-0.25, -0.2) is 4.98 Å².